The second-order valence-electron chi connectivity index (χ2n) is 5.89. The van der Waals surface area contributed by atoms with Crippen LogP contribution in [0.1, 0.15) is 44.9 Å². The predicted molar refractivity (Wildman–Crippen MR) is 93.5 cm³/mol. The van der Waals surface area contributed by atoms with Gasteiger partial charge < -0.3 is 10.1 Å². The van der Waals surface area contributed by atoms with Crippen molar-refractivity contribution in [3.05, 3.63) is 29.3 Å². The molecular formula is C19H24ClNO2. The average Bonchev–Trinajstić information content (AvgIpc) is 2.58. The lowest BCUT2D eigenvalue weighted by atomic mass is 9.86. The fraction of sp³-hybridized carbons (Fsp3) is 0.526. The lowest BCUT2D eigenvalue weighted by Gasteiger charge is -2.20. The topological polar surface area (TPSA) is 38.3 Å². The molecule has 1 aliphatic rings. The number of hydrogen-bond donors (Lipinski definition) is 1. The lowest BCUT2D eigenvalue weighted by molar-refractivity contribution is -0.121. The van der Waals surface area contributed by atoms with E-state index in [-0.39, 0.29) is 12.5 Å². The van der Waals surface area contributed by atoms with Crippen LogP contribution in [-0.2, 0) is 4.79 Å². The molecule has 23 heavy (non-hydrogen) atoms. The Hall–Kier alpha value is -1.66. The predicted octanol–water partition coefficient (Wildman–Crippen LogP) is 4.20. The number of carbonyl (C=O) groups excluding carboxylic acids is 1. The van der Waals surface area contributed by atoms with Crippen LogP contribution in [0.25, 0.3) is 0 Å². The van der Waals surface area contributed by atoms with Crippen molar-refractivity contribution in [2.45, 2.75) is 44.9 Å². The minimum Gasteiger partial charge on any atom is -0.479 e. The molecule has 4 heteroatoms. The summed E-state index contributed by atoms with van der Waals surface area (Å²) in [4.78, 5) is 11.8. The van der Waals surface area contributed by atoms with Gasteiger partial charge in [-0.25, -0.2) is 0 Å². The first-order valence-corrected chi connectivity index (χ1v) is 8.73. The molecule has 1 aromatic rings. The molecule has 0 heterocycles. The van der Waals surface area contributed by atoms with Gasteiger partial charge in [0.15, 0.2) is 0 Å². The van der Waals surface area contributed by atoms with Crippen LogP contribution >= 0.6 is 11.6 Å². The number of ether oxygens (including phenoxy) is 1. The molecule has 0 unspecified atom stereocenters. The van der Waals surface area contributed by atoms with E-state index in [1.54, 1.807) is 12.1 Å². The van der Waals surface area contributed by atoms with E-state index in [2.05, 4.69) is 17.2 Å². The van der Waals surface area contributed by atoms with Crippen LogP contribution < -0.4 is 10.1 Å². The van der Waals surface area contributed by atoms with E-state index in [0.717, 1.165) is 12.3 Å². The lowest BCUT2D eigenvalue weighted by Crippen LogP contribution is -2.24. The highest BCUT2D eigenvalue weighted by Crippen LogP contribution is 2.27. The monoisotopic (exact) mass is 333 g/mol. The summed E-state index contributed by atoms with van der Waals surface area (Å²) in [5.74, 6) is 7.23. The summed E-state index contributed by atoms with van der Waals surface area (Å²) in [6.45, 7) is 0.636. The van der Waals surface area contributed by atoms with Crippen molar-refractivity contribution >= 4 is 17.5 Å². The Kier molecular flexibility index (Phi) is 7.83. The van der Waals surface area contributed by atoms with Crippen LogP contribution in [0, 0.1) is 17.8 Å². The summed E-state index contributed by atoms with van der Waals surface area (Å²) in [6.07, 6.45) is 8.19. The van der Waals surface area contributed by atoms with Gasteiger partial charge in [0.25, 0.3) is 0 Å². The van der Waals surface area contributed by atoms with E-state index in [1.807, 2.05) is 12.1 Å². The highest BCUT2D eigenvalue weighted by Gasteiger charge is 2.14. The quantitative estimate of drug-likeness (QED) is 0.792. The Bertz CT molecular complexity index is 556. The van der Waals surface area contributed by atoms with Crippen LogP contribution in [0.3, 0.4) is 0 Å². The highest BCUT2D eigenvalue weighted by atomic mass is 35.5. The molecule has 0 radical (unpaired) electrons. The zero-order chi connectivity index (χ0) is 16.3. The van der Waals surface area contributed by atoms with Crippen molar-refractivity contribution in [3.63, 3.8) is 0 Å². The first-order valence-electron chi connectivity index (χ1n) is 8.35. The zero-order valence-corrected chi connectivity index (χ0v) is 14.2. The Morgan fingerprint density at radius 2 is 2.00 bits per heavy atom. The fourth-order valence-corrected chi connectivity index (χ4v) is 3.02. The summed E-state index contributed by atoms with van der Waals surface area (Å²) in [5.41, 5.74) is 0. The van der Waals surface area contributed by atoms with E-state index in [0.29, 0.717) is 23.7 Å². The van der Waals surface area contributed by atoms with Crippen LogP contribution in [-0.4, -0.2) is 19.1 Å². The number of rotatable bonds is 6. The van der Waals surface area contributed by atoms with Gasteiger partial charge in [-0.15, -0.1) is 0 Å². The third kappa shape index (κ3) is 6.97. The van der Waals surface area contributed by atoms with Gasteiger partial charge in [-0.05, 0) is 24.5 Å². The third-order valence-corrected chi connectivity index (χ3v) is 4.45. The van der Waals surface area contributed by atoms with Crippen LogP contribution in [0.4, 0.5) is 0 Å². The Labute approximate surface area is 143 Å². The number of hydrogen-bond acceptors (Lipinski definition) is 2. The highest BCUT2D eigenvalue weighted by molar-refractivity contribution is 6.32. The first kappa shape index (κ1) is 17.7. The molecule has 124 valence electrons. The Morgan fingerprint density at radius 1 is 1.22 bits per heavy atom. The minimum atomic E-state index is 0.0943. The minimum absolute atomic E-state index is 0.0943. The van der Waals surface area contributed by atoms with Crippen molar-refractivity contribution in [3.8, 4) is 17.6 Å². The maximum atomic E-state index is 11.8. The molecule has 0 bridgehead atoms. The molecule has 1 aliphatic carbocycles. The van der Waals surface area contributed by atoms with Crippen LogP contribution in [0.2, 0.25) is 5.02 Å². The van der Waals surface area contributed by atoms with Gasteiger partial charge >= 0.3 is 0 Å². The van der Waals surface area contributed by atoms with Crippen LogP contribution in [0.5, 0.6) is 5.75 Å². The van der Waals surface area contributed by atoms with Gasteiger partial charge in [0.1, 0.15) is 12.4 Å². The van der Waals surface area contributed by atoms with Gasteiger partial charge in [0.2, 0.25) is 5.91 Å². The molecular weight excluding hydrogens is 310 g/mol. The van der Waals surface area contributed by atoms with E-state index >= 15 is 0 Å². The third-order valence-electron chi connectivity index (χ3n) is 4.14. The van der Waals surface area contributed by atoms with E-state index < -0.39 is 0 Å². The second-order valence-corrected chi connectivity index (χ2v) is 6.30. The maximum Gasteiger partial charge on any atom is 0.220 e. The first-order chi connectivity index (χ1) is 11.3. The molecule has 3 nitrogen and oxygen atoms in total. The van der Waals surface area contributed by atoms with Crippen LogP contribution in [0.15, 0.2) is 24.3 Å². The van der Waals surface area contributed by atoms with Gasteiger partial charge in [-0.1, -0.05) is 67.7 Å². The fourth-order valence-electron chi connectivity index (χ4n) is 2.83. The molecule has 1 N–H and O–H groups in total. The van der Waals surface area contributed by atoms with Gasteiger partial charge in [-0.3, -0.25) is 4.79 Å². The summed E-state index contributed by atoms with van der Waals surface area (Å²) >= 11 is 5.97. The van der Waals surface area contributed by atoms with Crippen molar-refractivity contribution in [1.29, 1.82) is 0 Å². The molecule has 1 amide bonds. The molecule has 2 rings (SSSR count). The number of halogens is 1. The molecule has 0 aliphatic heterocycles. The normalized spacial score (nSPS) is 14.7. The molecule has 1 saturated carbocycles. The Morgan fingerprint density at radius 3 is 2.78 bits per heavy atom. The van der Waals surface area contributed by atoms with Crippen molar-refractivity contribution in [2.24, 2.45) is 5.92 Å². The van der Waals surface area contributed by atoms with E-state index in [9.17, 15) is 4.79 Å². The molecule has 1 aromatic carbocycles. The number of carbonyl (C=O) groups is 1. The van der Waals surface area contributed by atoms with Gasteiger partial charge in [0.05, 0.1) is 11.6 Å². The molecule has 0 spiro atoms. The number of para-hydroxylation sites is 1. The standard InChI is InChI=1S/C19H24ClNO2/c20-17-10-4-5-11-18(17)23-15-7-6-14-21-19(22)13-12-16-8-2-1-3-9-16/h4-5,10-11,16H,1-3,8-9,12-15H2,(H,21,22). The summed E-state index contributed by atoms with van der Waals surface area (Å²) in [6, 6.07) is 7.29. The van der Waals surface area contributed by atoms with Crippen molar-refractivity contribution in [1.82, 2.24) is 5.32 Å². The van der Waals surface area contributed by atoms with Crippen molar-refractivity contribution < 1.29 is 9.53 Å². The molecule has 1 fully saturated rings. The van der Waals surface area contributed by atoms with Gasteiger partial charge in [-0.2, -0.15) is 0 Å². The SMILES string of the molecule is O=C(CCC1CCCCC1)NCC#CCOc1ccccc1Cl. The zero-order valence-electron chi connectivity index (χ0n) is 13.4. The summed E-state index contributed by atoms with van der Waals surface area (Å²) in [5, 5.41) is 3.41. The molecule has 0 saturated heterocycles. The summed E-state index contributed by atoms with van der Waals surface area (Å²) in [7, 11) is 0. The van der Waals surface area contributed by atoms with Gasteiger partial charge in [0, 0.05) is 6.42 Å². The van der Waals surface area contributed by atoms with E-state index in [4.69, 9.17) is 16.3 Å². The molecule has 0 aromatic heterocycles. The number of amides is 1. The largest absolute Gasteiger partial charge is 0.479 e. The average molecular weight is 334 g/mol. The van der Waals surface area contributed by atoms with Crippen molar-refractivity contribution in [2.75, 3.05) is 13.2 Å². The maximum absolute atomic E-state index is 11.8. The number of benzene rings is 1. The number of nitrogens with one attached hydrogen (secondary N) is 1. The smallest absolute Gasteiger partial charge is 0.220 e. The summed E-state index contributed by atoms with van der Waals surface area (Å²) < 4.78 is 5.45. The molecule has 0 atom stereocenters. The van der Waals surface area contributed by atoms with E-state index in [1.165, 1.54) is 32.1 Å². The second kappa shape index (κ2) is 10.2. The Balaban J connectivity index is 1.56.